The second-order valence-electron chi connectivity index (χ2n) is 9.05. The Morgan fingerprint density at radius 1 is 0.919 bits per heavy atom. The average Bonchev–Trinajstić information content (AvgIpc) is 3.47. The monoisotopic (exact) mass is 494 g/mol. The highest BCUT2D eigenvalue weighted by Crippen LogP contribution is 2.28. The van der Waals surface area contributed by atoms with Crippen molar-refractivity contribution in [3.05, 3.63) is 102 Å². The molecule has 1 saturated heterocycles. The zero-order valence-electron chi connectivity index (χ0n) is 20.9. The van der Waals surface area contributed by atoms with Crippen molar-refractivity contribution in [1.82, 2.24) is 0 Å². The van der Waals surface area contributed by atoms with E-state index in [9.17, 15) is 9.59 Å². The van der Waals surface area contributed by atoms with E-state index in [1.54, 1.807) is 53.4 Å². The summed E-state index contributed by atoms with van der Waals surface area (Å²) < 4.78 is 11.3. The molecule has 0 bridgehead atoms. The van der Waals surface area contributed by atoms with Crippen molar-refractivity contribution in [2.24, 2.45) is 0 Å². The van der Waals surface area contributed by atoms with Crippen LogP contribution in [-0.2, 0) is 4.74 Å². The standard InChI is InChI=1S/C31H30N2O4/c1-2-33(29-11-5-8-22-7-3-4-10-28(22)29)31(35)24-12-16-25(17-13-24)32-30(34)23-14-18-26(19-15-23)37-21-27-9-6-20-36-27/h3-5,7-8,10-19,27H,2,6,9,20-21H2,1H3,(H,32,34). The highest BCUT2D eigenvalue weighted by Gasteiger charge is 2.19. The van der Waals surface area contributed by atoms with Gasteiger partial charge in [-0.2, -0.15) is 0 Å². The first-order chi connectivity index (χ1) is 18.1. The van der Waals surface area contributed by atoms with Gasteiger partial charge >= 0.3 is 0 Å². The first-order valence-corrected chi connectivity index (χ1v) is 12.7. The molecule has 0 spiro atoms. The van der Waals surface area contributed by atoms with Gasteiger partial charge in [0.1, 0.15) is 12.4 Å². The highest BCUT2D eigenvalue weighted by atomic mass is 16.5. The summed E-state index contributed by atoms with van der Waals surface area (Å²) in [4.78, 5) is 27.9. The lowest BCUT2D eigenvalue weighted by atomic mass is 10.1. The van der Waals surface area contributed by atoms with Gasteiger partial charge in [0.15, 0.2) is 0 Å². The molecule has 0 saturated carbocycles. The molecule has 6 heteroatoms. The normalized spacial score (nSPS) is 14.9. The molecule has 37 heavy (non-hydrogen) atoms. The molecule has 1 aliphatic rings. The van der Waals surface area contributed by atoms with E-state index >= 15 is 0 Å². The van der Waals surface area contributed by atoms with E-state index in [0.717, 1.165) is 35.9 Å². The van der Waals surface area contributed by atoms with Crippen LogP contribution in [0.1, 0.15) is 40.5 Å². The number of fused-ring (bicyclic) bond motifs is 1. The molecular weight excluding hydrogens is 464 g/mol. The van der Waals surface area contributed by atoms with E-state index in [4.69, 9.17) is 9.47 Å². The average molecular weight is 495 g/mol. The largest absolute Gasteiger partial charge is 0.491 e. The molecule has 1 fully saturated rings. The zero-order valence-corrected chi connectivity index (χ0v) is 20.9. The highest BCUT2D eigenvalue weighted by molar-refractivity contribution is 6.11. The van der Waals surface area contributed by atoms with E-state index in [2.05, 4.69) is 5.32 Å². The van der Waals surface area contributed by atoms with Crippen LogP contribution >= 0.6 is 0 Å². The van der Waals surface area contributed by atoms with Gasteiger partial charge in [0, 0.05) is 35.4 Å². The lowest BCUT2D eigenvalue weighted by molar-refractivity contribution is 0.0679. The molecule has 4 aromatic rings. The molecule has 1 N–H and O–H groups in total. The molecule has 5 rings (SSSR count). The minimum Gasteiger partial charge on any atom is -0.491 e. The molecule has 2 amide bonds. The Morgan fingerprint density at radius 3 is 2.38 bits per heavy atom. The fourth-order valence-corrected chi connectivity index (χ4v) is 4.59. The van der Waals surface area contributed by atoms with Crippen LogP contribution in [0.5, 0.6) is 5.75 Å². The number of hydrogen-bond acceptors (Lipinski definition) is 4. The summed E-state index contributed by atoms with van der Waals surface area (Å²) in [7, 11) is 0. The Labute approximate surface area is 216 Å². The van der Waals surface area contributed by atoms with Gasteiger partial charge in [0.05, 0.1) is 11.8 Å². The molecule has 4 aromatic carbocycles. The summed E-state index contributed by atoms with van der Waals surface area (Å²) >= 11 is 0. The maximum absolute atomic E-state index is 13.4. The zero-order chi connectivity index (χ0) is 25.6. The molecule has 1 atom stereocenters. The van der Waals surface area contributed by atoms with Crippen LogP contribution in [0.3, 0.4) is 0 Å². The van der Waals surface area contributed by atoms with Gasteiger partial charge in [0.25, 0.3) is 11.8 Å². The van der Waals surface area contributed by atoms with Gasteiger partial charge in [-0.25, -0.2) is 0 Å². The van der Waals surface area contributed by atoms with Crippen LogP contribution in [0.4, 0.5) is 11.4 Å². The van der Waals surface area contributed by atoms with E-state index in [1.807, 2.05) is 49.4 Å². The van der Waals surface area contributed by atoms with Crippen LogP contribution in [-0.4, -0.2) is 37.7 Å². The summed E-state index contributed by atoms with van der Waals surface area (Å²) in [6.45, 7) is 3.82. The first-order valence-electron chi connectivity index (χ1n) is 12.7. The Balaban J connectivity index is 1.23. The van der Waals surface area contributed by atoms with Crippen molar-refractivity contribution in [2.45, 2.75) is 25.9 Å². The van der Waals surface area contributed by atoms with Gasteiger partial charge in [-0.1, -0.05) is 36.4 Å². The summed E-state index contributed by atoms with van der Waals surface area (Å²) in [6, 6.07) is 28.1. The van der Waals surface area contributed by atoms with Crippen LogP contribution in [0.25, 0.3) is 10.8 Å². The fourth-order valence-electron chi connectivity index (χ4n) is 4.59. The number of ether oxygens (including phenoxy) is 2. The number of nitrogens with zero attached hydrogens (tertiary/aromatic N) is 1. The van der Waals surface area contributed by atoms with Crippen LogP contribution < -0.4 is 15.0 Å². The van der Waals surface area contributed by atoms with Crippen molar-refractivity contribution in [2.75, 3.05) is 30.0 Å². The molecule has 1 aliphatic heterocycles. The summed E-state index contributed by atoms with van der Waals surface area (Å²) in [5.41, 5.74) is 2.58. The summed E-state index contributed by atoms with van der Waals surface area (Å²) in [5, 5.41) is 5.02. The molecule has 188 valence electrons. The van der Waals surface area contributed by atoms with Crippen LogP contribution in [0.2, 0.25) is 0 Å². The number of benzene rings is 4. The second-order valence-corrected chi connectivity index (χ2v) is 9.05. The minimum absolute atomic E-state index is 0.0877. The van der Waals surface area contributed by atoms with Gasteiger partial charge < -0.3 is 19.7 Å². The maximum Gasteiger partial charge on any atom is 0.258 e. The number of rotatable bonds is 8. The Kier molecular flexibility index (Phi) is 7.47. The third kappa shape index (κ3) is 5.65. The minimum atomic E-state index is -0.226. The van der Waals surface area contributed by atoms with Gasteiger partial charge in [0.2, 0.25) is 0 Å². The topological polar surface area (TPSA) is 67.9 Å². The summed E-state index contributed by atoms with van der Waals surface area (Å²) in [6.07, 6.45) is 2.24. The SMILES string of the molecule is CCN(C(=O)c1ccc(NC(=O)c2ccc(OCC3CCCO3)cc2)cc1)c1cccc2ccccc12. The molecule has 1 heterocycles. The number of anilines is 2. The quantitative estimate of drug-likeness (QED) is 0.311. The molecule has 0 aromatic heterocycles. The number of carbonyl (C=O) groups excluding carboxylic acids is 2. The van der Waals surface area contributed by atoms with E-state index < -0.39 is 0 Å². The van der Waals surface area contributed by atoms with E-state index in [1.165, 1.54) is 0 Å². The Bertz CT molecular complexity index is 1370. The van der Waals surface area contributed by atoms with Crippen LogP contribution in [0.15, 0.2) is 91.0 Å². The van der Waals surface area contributed by atoms with E-state index in [-0.39, 0.29) is 17.9 Å². The molecule has 0 aliphatic carbocycles. The van der Waals surface area contributed by atoms with Crippen molar-refractivity contribution < 1.29 is 19.1 Å². The van der Waals surface area contributed by atoms with Crippen molar-refractivity contribution in [3.8, 4) is 5.75 Å². The summed E-state index contributed by atoms with van der Waals surface area (Å²) in [5.74, 6) is 0.396. The Morgan fingerprint density at radius 2 is 1.65 bits per heavy atom. The lowest BCUT2D eigenvalue weighted by Crippen LogP contribution is -2.30. The third-order valence-electron chi connectivity index (χ3n) is 6.58. The molecule has 6 nitrogen and oxygen atoms in total. The van der Waals surface area contributed by atoms with Crippen molar-refractivity contribution in [3.63, 3.8) is 0 Å². The number of carbonyl (C=O) groups is 2. The smallest absolute Gasteiger partial charge is 0.258 e. The van der Waals surface area contributed by atoms with Crippen molar-refractivity contribution in [1.29, 1.82) is 0 Å². The number of amides is 2. The molecular formula is C31H30N2O4. The van der Waals surface area contributed by atoms with Gasteiger partial charge in [-0.15, -0.1) is 0 Å². The third-order valence-corrected chi connectivity index (χ3v) is 6.58. The first kappa shape index (κ1) is 24.5. The fraction of sp³-hybridized carbons (Fsp3) is 0.226. The predicted molar refractivity (Wildman–Crippen MR) is 147 cm³/mol. The molecule has 1 unspecified atom stereocenters. The Hall–Kier alpha value is -4.16. The number of nitrogens with one attached hydrogen (secondary N) is 1. The molecule has 0 radical (unpaired) electrons. The number of hydrogen-bond donors (Lipinski definition) is 1. The second kappa shape index (κ2) is 11.3. The van der Waals surface area contributed by atoms with Crippen molar-refractivity contribution >= 4 is 34.0 Å². The lowest BCUT2D eigenvalue weighted by Gasteiger charge is -2.23. The predicted octanol–water partition coefficient (Wildman–Crippen LogP) is 6.32. The van der Waals surface area contributed by atoms with E-state index in [0.29, 0.717) is 35.7 Å². The maximum atomic E-state index is 13.4. The van der Waals surface area contributed by atoms with Gasteiger partial charge in [-0.05, 0) is 79.7 Å². The van der Waals surface area contributed by atoms with Gasteiger partial charge in [-0.3, -0.25) is 9.59 Å². The van der Waals surface area contributed by atoms with Crippen LogP contribution in [0, 0.1) is 0 Å².